The number of carbonyl (C=O) groups is 1. The van der Waals surface area contributed by atoms with Crippen molar-refractivity contribution in [2.24, 2.45) is 0 Å². The molecule has 2 aromatic rings. The van der Waals surface area contributed by atoms with E-state index < -0.39 is 0 Å². The van der Waals surface area contributed by atoms with E-state index in [0.29, 0.717) is 17.8 Å². The summed E-state index contributed by atoms with van der Waals surface area (Å²) in [5.74, 6) is 0.790. The molecule has 0 heterocycles. The highest BCUT2D eigenvalue weighted by Crippen LogP contribution is 2.20. The summed E-state index contributed by atoms with van der Waals surface area (Å²) < 4.78 is 5.18. The van der Waals surface area contributed by atoms with Gasteiger partial charge in [0.15, 0.2) is 5.78 Å². The summed E-state index contributed by atoms with van der Waals surface area (Å²) >= 11 is 0. The van der Waals surface area contributed by atoms with Gasteiger partial charge in [-0.25, -0.2) is 0 Å². The molecule has 0 amide bonds. The molecule has 104 valence electrons. The third-order valence-corrected chi connectivity index (χ3v) is 3.06. The maximum absolute atomic E-state index is 11.5. The van der Waals surface area contributed by atoms with Gasteiger partial charge in [-0.15, -0.1) is 0 Å². The summed E-state index contributed by atoms with van der Waals surface area (Å²) in [6.07, 6.45) is 0. The lowest BCUT2D eigenvalue weighted by molar-refractivity contribution is 0.101. The monoisotopic (exact) mass is 270 g/mol. The number of hydrogen-bond acceptors (Lipinski definition) is 4. The van der Waals surface area contributed by atoms with Crippen LogP contribution >= 0.6 is 0 Å². The highest BCUT2D eigenvalue weighted by atomic mass is 16.5. The lowest BCUT2D eigenvalue weighted by Crippen LogP contribution is -2.04. The molecule has 2 rings (SSSR count). The average molecular weight is 270 g/mol. The van der Waals surface area contributed by atoms with Crippen LogP contribution in [0.15, 0.2) is 42.5 Å². The fourth-order valence-electron chi connectivity index (χ4n) is 1.96. The standard InChI is InChI=1S/C16H18N2O2/c1-11(19)15-9-13(6-7-16(15)17)18-10-12-4-3-5-14(8-12)20-2/h3-9,18H,10,17H2,1-2H3. The van der Waals surface area contributed by atoms with E-state index in [2.05, 4.69) is 5.32 Å². The van der Waals surface area contributed by atoms with Crippen LogP contribution in [0.1, 0.15) is 22.8 Å². The third kappa shape index (κ3) is 3.29. The molecule has 0 spiro atoms. The Bertz CT molecular complexity index is 624. The van der Waals surface area contributed by atoms with Crippen molar-refractivity contribution in [3.63, 3.8) is 0 Å². The molecule has 0 saturated carbocycles. The molecule has 0 saturated heterocycles. The smallest absolute Gasteiger partial charge is 0.161 e. The summed E-state index contributed by atoms with van der Waals surface area (Å²) in [6.45, 7) is 2.16. The number of nitrogens with one attached hydrogen (secondary N) is 1. The summed E-state index contributed by atoms with van der Waals surface area (Å²) in [4.78, 5) is 11.5. The van der Waals surface area contributed by atoms with Gasteiger partial charge >= 0.3 is 0 Å². The number of rotatable bonds is 5. The number of nitrogen functional groups attached to an aromatic ring is 1. The number of anilines is 2. The molecule has 0 aliphatic heterocycles. The molecule has 20 heavy (non-hydrogen) atoms. The van der Waals surface area contributed by atoms with E-state index in [4.69, 9.17) is 10.5 Å². The number of ketones is 1. The molecule has 3 N–H and O–H groups in total. The van der Waals surface area contributed by atoms with Crippen LogP contribution < -0.4 is 15.8 Å². The topological polar surface area (TPSA) is 64.3 Å². The van der Waals surface area contributed by atoms with E-state index in [0.717, 1.165) is 17.0 Å². The second kappa shape index (κ2) is 6.10. The van der Waals surface area contributed by atoms with Crippen LogP contribution in [0.25, 0.3) is 0 Å². The molecular weight excluding hydrogens is 252 g/mol. The minimum absolute atomic E-state index is 0.0347. The Morgan fingerprint density at radius 1 is 1.25 bits per heavy atom. The van der Waals surface area contributed by atoms with Gasteiger partial charge in [-0.2, -0.15) is 0 Å². The fourth-order valence-corrected chi connectivity index (χ4v) is 1.96. The highest BCUT2D eigenvalue weighted by Gasteiger charge is 2.05. The van der Waals surface area contributed by atoms with Gasteiger partial charge in [0.2, 0.25) is 0 Å². The van der Waals surface area contributed by atoms with Crippen LogP contribution in [0, 0.1) is 0 Å². The first kappa shape index (κ1) is 13.9. The normalized spacial score (nSPS) is 10.1. The number of hydrogen-bond donors (Lipinski definition) is 2. The largest absolute Gasteiger partial charge is 0.497 e. The van der Waals surface area contributed by atoms with Crippen LogP contribution in [0.3, 0.4) is 0 Å². The highest BCUT2D eigenvalue weighted by molar-refractivity contribution is 6.00. The maximum atomic E-state index is 11.5. The lowest BCUT2D eigenvalue weighted by Gasteiger charge is -2.10. The zero-order chi connectivity index (χ0) is 14.5. The van der Waals surface area contributed by atoms with E-state index in [9.17, 15) is 4.79 Å². The van der Waals surface area contributed by atoms with Gasteiger partial charge in [0.25, 0.3) is 0 Å². The molecule has 0 bridgehead atoms. The van der Waals surface area contributed by atoms with E-state index in [-0.39, 0.29) is 5.78 Å². The van der Waals surface area contributed by atoms with Crippen molar-refractivity contribution in [2.45, 2.75) is 13.5 Å². The molecule has 0 radical (unpaired) electrons. The number of Topliss-reactive ketones (excluding diaryl/α,β-unsaturated/α-hetero) is 1. The second-order valence-electron chi connectivity index (χ2n) is 4.56. The van der Waals surface area contributed by atoms with Crippen LogP contribution in [0.2, 0.25) is 0 Å². The van der Waals surface area contributed by atoms with E-state index in [1.165, 1.54) is 6.92 Å². The molecule has 4 nitrogen and oxygen atoms in total. The first-order valence-electron chi connectivity index (χ1n) is 6.37. The maximum Gasteiger partial charge on any atom is 0.161 e. The molecule has 0 atom stereocenters. The third-order valence-electron chi connectivity index (χ3n) is 3.06. The zero-order valence-electron chi connectivity index (χ0n) is 11.6. The second-order valence-corrected chi connectivity index (χ2v) is 4.56. The van der Waals surface area contributed by atoms with Crippen molar-refractivity contribution in [1.29, 1.82) is 0 Å². The van der Waals surface area contributed by atoms with Crippen molar-refractivity contribution < 1.29 is 9.53 Å². The molecule has 0 aromatic heterocycles. The zero-order valence-corrected chi connectivity index (χ0v) is 11.6. The molecule has 0 aliphatic carbocycles. The quantitative estimate of drug-likeness (QED) is 0.647. The molecular formula is C16H18N2O2. The van der Waals surface area contributed by atoms with E-state index in [1.54, 1.807) is 19.2 Å². The SMILES string of the molecule is COc1cccc(CNc2ccc(N)c(C(C)=O)c2)c1. The number of carbonyl (C=O) groups excluding carboxylic acids is 1. The Labute approximate surface area is 118 Å². The van der Waals surface area contributed by atoms with E-state index >= 15 is 0 Å². The average Bonchev–Trinajstić information content (AvgIpc) is 2.46. The Kier molecular flexibility index (Phi) is 4.25. The van der Waals surface area contributed by atoms with Crippen molar-refractivity contribution in [3.8, 4) is 5.75 Å². The van der Waals surface area contributed by atoms with Gasteiger partial charge in [-0.1, -0.05) is 12.1 Å². The van der Waals surface area contributed by atoms with Crippen LogP contribution in [0.5, 0.6) is 5.75 Å². The molecule has 0 fully saturated rings. The minimum atomic E-state index is -0.0347. The number of methoxy groups -OCH3 is 1. The van der Waals surface area contributed by atoms with Crippen molar-refractivity contribution in [1.82, 2.24) is 0 Å². The van der Waals surface area contributed by atoms with Gasteiger partial charge in [-0.3, -0.25) is 4.79 Å². The first-order chi connectivity index (χ1) is 9.60. The van der Waals surface area contributed by atoms with Gasteiger partial charge < -0.3 is 15.8 Å². The van der Waals surface area contributed by atoms with Crippen LogP contribution in [0.4, 0.5) is 11.4 Å². The van der Waals surface area contributed by atoms with E-state index in [1.807, 2.05) is 30.3 Å². The number of ether oxygens (including phenoxy) is 1. The van der Waals surface area contributed by atoms with Gasteiger partial charge in [0, 0.05) is 23.5 Å². The molecule has 4 heteroatoms. The predicted octanol–water partition coefficient (Wildman–Crippen LogP) is 3.09. The number of benzene rings is 2. The Morgan fingerprint density at radius 3 is 2.75 bits per heavy atom. The number of nitrogens with two attached hydrogens (primary N) is 1. The predicted molar refractivity (Wildman–Crippen MR) is 81.2 cm³/mol. The summed E-state index contributed by atoms with van der Waals surface area (Å²) in [5.41, 5.74) is 8.79. The van der Waals surface area contributed by atoms with Crippen molar-refractivity contribution >= 4 is 17.2 Å². The fraction of sp³-hybridized carbons (Fsp3) is 0.188. The first-order valence-corrected chi connectivity index (χ1v) is 6.37. The molecule has 0 aliphatic rings. The Hall–Kier alpha value is -2.49. The lowest BCUT2D eigenvalue weighted by atomic mass is 10.1. The molecule has 0 unspecified atom stereocenters. The van der Waals surface area contributed by atoms with Crippen LogP contribution in [-0.4, -0.2) is 12.9 Å². The van der Waals surface area contributed by atoms with Crippen LogP contribution in [-0.2, 0) is 6.54 Å². The van der Waals surface area contributed by atoms with Crippen molar-refractivity contribution in [3.05, 3.63) is 53.6 Å². The Morgan fingerprint density at radius 2 is 2.05 bits per heavy atom. The summed E-state index contributed by atoms with van der Waals surface area (Å²) in [6, 6.07) is 13.2. The van der Waals surface area contributed by atoms with Gasteiger partial charge in [0.1, 0.15) is 5.75 Å². The molecule has 2 aromatic carbocycles. The summed E-state index contributed by atoms with van der Waals surface area (Å²) in [5, 5.41) is 3.27. The van der Waals surface area contributed by atoms with Gasteiger partial charge in [-0.05, 0) is 42.8 Å². The Balaban J connectivity index is 2.10. The van der Waals surface area contributed by atoms with Crippen molar-refractivity contribution in [2.75, 3.05) is 18.2 Å². The van der Waals surface area contributed by atoms with Gasteiger partial charge in [0.05, 0.1) is 7.11 Å². The minimum Gasteiger partial charge on any atom is -0.497 e. The summed E-state index contributed by atoms with van der Waals surface area (Å²) in [7, 11) is 1.64.